The van der Waals surface area contributed by atoms with Crippen LogP contribution in [-0.4, -0.2) is 44.0 Å². The second-order valence-electron chi connectivity index (χ2n) is 6.93. The van der Waals surface area contributed by atoms with Gasteiger partial charge in [0.05, 0.1) is 19.1 Å². The van der Waals surface area contributed by atoms with Crippen molar-refractivity contribution in [1.29, 1.82) is 0 Å². The van der Waals surface area contributed by atoms with Gasteiger partial charge < -0.3 is 15.4 Å². The Morgan fingerprint density at radius 1 is 1.29 bits per heavy atom. The topological polar surface area (TPSA) is 45.7 Å². The van der Waals surface area contributed by atoms with Gasteiger partial charge in [-0.05, 0) is 26.2 Å². The summed E-state index contributed by atoms with van der Waals surface area (Å²) < 4.78 is 42.9. The second kappa shape index (κ2) is 7.97. The van der Waals surface area contributed by atoms with Crippen LogP contribution in [0.2, 0.25) is 0 Å². The Hall–Kier alpha value is -0.250. The zero-order valence-corrected chi connectivity index (χ0v) is 16.3. The van der Waals surface area contributed by atoms with Crippen molar-refractivity contribution in [3.05, 3.63) is 0 Å². The lowest BCUT2D eigenvalue weighted by atomic mass is 9.54. The third-order valence-electron chi connectivity index (χ3n) is 5.59. The van der Waals surface area contributed by atoms with Crippen LogP contribution in [-0.2, 0) is 4.74 Å². The number of nitrogens with one attached hydrogen (secondary N) is 2. The molecule has 2 aliphatic carbocycles. The van der Waals surface area contributed by atoms with Crippen molar-refractivity contribution in [2.24, 2.45) is 16.3 Å². The van der Waals surface area contributed by atoms with Crippen LogP contribution in [0.1, 0.15) is 45.4 Å². The number of rotatable bonds is 4. The molecule has 140 valence electrons. The van der Waals surface area contributed by atoms with Gasteiger partial charge in [-0.1, -0.05) is 12.8 Å². The van der Waals surface area contributed by atoms with Crippen molar-refractivity contribution in [3.63, 3.8) is 0 Å². The van der Waals surface area contributed by atoms with Crippen LogP contribution in [0.15, 0.2) is 4.99 Å². The van der Waals surface area contributed by atoms with Gasteiger partial charge in [-0.3, -0.25) is 4.99 Å². The van der Waals surface area contributed by atoms with Gasteiger partial charge >= 0.3 is 6.18 Å². The number of guanidine groups is 1. The zero-order valence-electron chi connectivity index (χ0n) is 14.0. The molecular weight excluding hydrogens is 434 g/mol. The number of fused-ring (bicyclic) bond motifs is 2. The van der Waals surface area contributed by atoms with Gasteiger partial charge in [-0.25, -0.2) is 0 Å². The summed E-state index contributed by atoms with van der Waals surface area (Å²) >= 11 is 0. The van der Waals surface area contributed by atoms with Crippen LogP contribution in [0.5, 0.6) is 0 Å². The highest BCUT2D eigenvalue weighted by atomic mass is 127. The first-order valence-electron chi connectivity index (χ1n) is 8.69. The second-order valence-corrected chi connectivity index (χ2v) is 6.93. The summed E-state index contributed by atoms with van der Waals surface area (Å²) in [4.78, 5) is 4.12. The van der Waals surface area contributed by atoms with E-state index in [1.807, 2.05) is 6.92 Å². The highest BCUT2D eigenvalue weighted by Gasteiger charge is 2.65. The third kappa shape index (κ3) is 3.94. The van der Waals surface area contributed by atoms with E-state index in [-0.39, 0.29) is 42.0 Å². The summed E-state index contributed by atoms with van der Waals surface area (Å²) in [6.07, 6.45) is 1.05. The standard InChI is InChI=1S/C16H26F3N3O.HI/c1-2-20-14(21-9-8-16(17,18)19)22-12-11-5-10-23-13(11)15(12)6-3-4-7-15;/h11-13H,2-10H2,1H3,(H2,20,21,22);1H. The maximum atomic E-state index is 12.3. The minimum atomic E-state index is -4.16. The average Bonchev–Trinajstić information content (AvgIpc) is 3.11. The number of hydrogen-bond acceptors (Lipinski definition) is 2. The van der Waals surface area contributed by atoms with E-state index in [4.69, 9.17) is 4.74 Å². The van der Waals surface area contributed by atoms with Gasteiger partial charge in [0.1, 0.15) is 0 Å². The van der Waals surface area contributed by atoms with Crippen LogP contribution in [0, 0.1) is 11.3 Å². The van der Waals surface area contributed by atoms with Crippen LogP contribution >= 0.6 is 24.0 Å². The lowest BCUT2D eigenvalue weighted by Crippen LogP contribution is -2.69. The number of halogens is 4. The number of alkyl halides is 3. The lowest BCUT2D eigenvalue weighted by molar-refractivity contribution is -0.132. The Bertz CT molecular complexity index is 452. The van der Waals surface area contributed by atoms with Crippen molar-refractivity contribution in [2.45, 2.75) is 63.8 Å². The molecule has 3 fully saturated rings. The summed E-state index contributed by atoms with van der Waals surface area (Å²) in [5, 5.41) is 6.52. The first kappa shape index (κ1) is 20.1. The fourth-order valence-corrected chi connectivity index (χ4v) is 4.67. The molecule has 0 amide bonds. The Labute approximate surface area is 158 Å². The van der Waals surface area contributed by atoms with Gasteiger partial charge in [0.15, 0.2) is 5.96 Å². The maximum absolute atomic E-state index is 12.3. The molecule has 1 heterocycles. The van der Waals surface area contributed by atoms with Crippen molar-refractivity contribution in [2.75, 3.05) is 19.7 Å². The number of nitrogens with zero attached hydrogens (tertiary/aromatic N) is 1. The van der Waals surface area contributed by atoms with Gasteiger partial charge in [0.25, 0.3) is 0 Å². The maximum Gasteiger partial charge on any atom is 0.390 e. The highest BCUT2D eigenvalue weighted by Crippen LogP contribution is 2.60. The minimum Gasteiger partial charge on any atom is -0.377 e. The summed E-state index contributed by atoms with van der Waals surface area (Å²) in [6.45, 7) is 3.14. The number of hydrogen-bond donors (Lipinski definition) is 2. The minimum absolute atomic E-state index is 0. The fourth-order valence-electron chi connectivity index (χ4n) is 4.67. The summed E-state index contributed by atoms with van der Waals surface area (Å²) in [5.41, 5.74) is 0.168. The molecule has 3 aliphatic rings. The van der Waals surface area contributed by atoms with E-state index in [1.165, 1.54) is 12.8 Å². The van der Waals surface area contributed by atoms with Crippen LogP contribution in [0.4, 0.5) is 13.2 Å². The van der Waals surface area contributed by atoms with Crippen LogP contribution in [0.25, 0.3) is 0 Å². The molecule has 1 aliphatic heterocycles. The molecule has 3 rings (SSSR count). The molecular formula is C16H27F3IN3O. The molecule has 0 aromatic carbocycles. The van der Waals surface area contributed by atoms with E-state index >= 15 is 0 Å². The number of ether oxygens (including phenoxy) is 1. The number of aliphatic imine (C=N–C) groups is 1. The molecule has 0 radical (unpaired) electrons. The van der Waals surface area contributed by atoms with Crippen LogP contribution in [0.3, 0.4) is 0 Å². The van der Waals surface area contributed by atoms with Gasteiger partial charge in [-0.15, -0.1) is 24.0 Å². The molecule has 2 N–H and O–H groups in total. The SMILES string of the molecule is CCNC(=NCCC(F)(F)F)NC1C2CCOC2C12CCCC2.I. The molecule has 3 unspecified atom stereocenters. The third-order valence-corrected chi connectivity index (χ3v) is 5.59. The molecule has 4 nitrogen and oxygen atoms in total. The molecule has 24 heavy (non-hydrogen) atoms. The van der Waals surface area contributed by atoms with Gasteiger partial charge in [0.2, 0.25) is 0 Å². The normalized spacial score (nSPS) is 31.3. The molecule has 3 atom stereocenters. The Kier molecular flexibility index (Phi) is 6.66. The monoisotopic (exact) mass is 461 g/mol. The van der Waals surface area contributed by atoms with E-state index in [9.17, 15) is 13.2 Å². The molecule has 0 aromatic heterocycles. The Morgan fingerprint density at radius 3 is 2.62 bits per heavy atom. The molecule has 0 bridgehead atoms. The zero-order chi connectivity index (χ0) is 16.5. The largest absolute Gasteiger partial charge is 0.390 e. The molecule has 1 saturated heterocycles. The first-order chi connectivity index (χ1) is 11.0. The van der Waals surface area contributed by atoms with E-state index in [2.05, 4.69) is 15.6 Å². The smallest absolute Gasteiger partial charge is 0.377 e. The van der Waals surface area contributed by atoms with Crippen molar-refractivity contribution >= 4 is 29.9 Å². The lowest BCUT2D eigenvalue weighted by Gasteiger charge is -2.57. The summed E-state index contributed by atoms with van der Waals surface area (Å²) in [5.74, 6) is 0.984. The van der Waals surface area contributed by atoms with Crippen molar-refractivity contribution < 1.29 is 17.9 Å². The van der Waals surface area contributed by atoms with Crippen LogP contribution < -0.4 is 10.6 Å². The summed E-state index contributed by atoms with van der Waals surface area (Å²) in [7, 11) is 0. The van der Waals surface area contributed by atoms with Crippen molar-refractivity contribution in [1.82, 2.24) is 10.6 Å². The average molecular weight is 461 g/mol. The van der Waals surface area contributed by atoms with Gasteiger partial charge in [-0.2, -0.15) is 13.2 Å². The molecule has 1 spiro atoms. The quantitative estimate of drug-likeness (QED) is 0.383. The predicted molar refractivity (Wildman–Crippen MR) is 97.7 cm³/mol. The van der Waals surface area contributed by atoms with E-state index in [0.717, 1.165) is 25.9 Å². The van der Waals surface area contributed by atoms with E-state index in [0.29, 0.717) is 24.5 Å². The Balaban J connectivity index is 0.00000208. The highest BCUT2D eigenvalue weighted by molar-refractivity contribution is 14.0. The fraction of sp³-hybridized carbons (Fsp3) is 0.938. The van der Waals surface area contributed by atoms with Gasteiger partial charge in [0, 0.05) is 30.5 Å². The molecule has 8 heteroatoms. The van der Waals surface area contributed by atoms with E-state index < -0.39 is 12.6 Å². The molecule has 2 saturated carbocycles. The molecule has 0 aromatic rings. The summed E-state index contributed by atoms with van der Waals surface area (Å²) in [6, 6.07) is 0.279. The van der Waals surface area contributed by atoms with Crippen molar-refractivity contribution in [3.8, 4) is 0 Å². The predicted octanol–water partition coefficient (Wildman–Crippen LogP) is 3.46. The van der Waals surface area contributed by atoms with E-state index in [1.54, 1.807) is 0 Å². The Morgan fingerprint density at radius 2 is 2.00 bits per heavy atom. The first-order valence-corrected chi connectivity index (χ1v) is 8.69.